The summed E-state index contributed by atoms with van der Waals surface area (Å²) < 4.78 is 19.1. The summed E-state index contributed by atoms with van der Waals surface area (Å²) in [5.41, 5.74) is 0.421. The molecule has 124 valence electrons. The Balaban J connectivity index is 1.86. The summed E-state index contributed by atoms with van der Waals surface area (Å²) in [6.45, 7) is 4.68. The maximum absolute atomic E-state index is 13.9. The molecule has 0 N–H and O–H groups in total. The first-order valence-corrected chi connectivity index (χ1v) is 8.83. The Kier molecular flexibility index (Phi) is 7.20. The maximum Gasteiger partial charge on any atom is 0.142 e. The summed E-state index contributed by atoms with van der Waals surface area (Å²) in [7, 11) is 0. The lowest BCUT2D eigenvalue weighted by Gasteiger charge is -2.26. The highest BCUT2D eigenvalue weighted by molar-refractivity contribution is 5.41. The van der Waals surface area contributed by atoms with E-state index >= 15 is 0 Å². The summed E-state index contributed by atoms with van der Waals surface area (Å²) in [6, 6.07) is 4.83. The van der Waals surface area contributed by atoms with E-state index in [1.54, 1.807) is 12.1 Å². The van der Waals surface area contributed by atoms with Crippen molar-refractivity contribution in [2.45, 2.75) is 52.4 Å². The van der Waals surface area contributed by atoms with Crippen molar-refractivity contribution in [1.82, 2.24) is 0 Å². The fourth-order valence-electron chi connectivity index (χ4n) is 3.23. The molecule has 2 rings (SSSR count). The molecule has 1 aliphatic carbocycles. The molecule has 0 radical (unpaired) electrons. The zero-order chi connectivity index (χ0) is 16.5. The second kappa shape index (κ2) is 9.40. The summed E-state index contributed by atoms with van der Waals surface area (Å²) in [6.07, 6.45) is 12.0. The van der Waals surface area contributed by atoms with Gasteiger partial charge in [0.2, 0.25) is 0 Å². The highest BCUT2D eigenvalue weighted by Gasteiger charge is 2.18. The van der Waals surface area contributed by atoms with E-state index in [-0.39, 0.29) is 5.82 Å². The van der Waals surface area contributed by atoms with Crippen LogP contribution in [-0.4, -0.2) is 6.61 Å². The van der Waals surface area contributed by atoms with Gasteiger partial charge in [0.15, 0.2) is 0 Å². The van der Waals surface area contributed by atoms with Crippen molar-refractivity contribution in [2.24, 2.45) is 11.8 Å². The van der Waals surface area contributed by atoms with Gasteiger partial charge in [0.05, 0.1) is 12.2 Å². The van der Waals surface area contributed by atoms with Crippen molar-refractivity contribution in [1.29, 1.82) is 0 Å². The lowest BCUT2D eigenvalue weighted by atomic mass is 9.80. The van der Waals surface area contributed by atoms with Gasteiger partial charge in [-0.15, -0.1) is 0 Å². The smallest absolute Gasteiger partial charge is 0.142 e. The van der Waals surface area contributed by atoms with E-state index in [0.717, 1.165) is 5.92 Å². The molecule has 0 aromatic heterocycles. The lowest BCUT2D eigenvalue weighted by Crippen LogP contribution is -2.12. The van der Waals surface area contributed by atoms with Crippen LogP contribution >= 0.6 is 0 Å². The van der Waals surface area contributed by atoms with Gasteiger partial charge in [0.25, 0.3) is 0 Å². The first kappa shape index (κ1) is 17.6. The molecule has 0 saturated heterocycles. The standard InChI is InChI=1S/C21H27FO/c1-3-7-17-10-12-18(13-11-17)8-5-6-9-19-14-15-20(23-4-2)16-21(19)22/h5,8,14-18H,3-4,7,10-13H2,1-2H3/b8-5+. The first-order valence-electron chi connectivity index (χ1n) is 8.83. The topological polar surface area (TPSA) is 9.23 Å². The minimum Gasteiger partial charge on any atom is -0.494 e. The highest BCUT2D eigenvalue weighted by Crippen LogP contribution is 2.32. The summed E-state index contributed by atoms with van der Waals surface area (Å²) >= 11 is 0. The Bertz CT molecular complexity index is 571. The van der Waals surface area contributed by atoms with Gasteiger partial charge < -0.3 is 4.74 Å². The van der Waals surface area contributed by atoms with Gasteiger partial charge in [0, 0.05) is 6.07 Å². The van der Waals surface area contributed by atoms with Crippen molar-refractivity contribution in [3.05, 3.63) is 41.7 Å². The van der Waals surface area contributed by atoms with E-state index in [0.29, 0.717) is 23.8 Å². The molecule has 1 fully saturated rings. The molecule has 1 aromatic carbocycles. The average molecular weight is 314 g/mol. The number of halogens is 1. The van der Waals surface area contributed by atoms with Crippen molar-refractivity contribution in [2.75, 3.05) is 6.61 Å². The van der Waals surface area contributed by atoms with Crippen molar-refractivity contribution in [3.8, 4) is 17.6 Å². The van der Waals surface area contributed by atoms with Gasteiger partial charge in [-0.1, -0.05) is 37.7 Å². The fraction of sp³-hybridized carbons (Fsp3) is 0.524. The zero-order valence-corrected chi connectivity index (χ0v) is 14.3. The Morgan fingerprint density at radius 3 is 2.65 bits per heavy atom. The quantitative estimate of drug-likeness (QED) is 0.630. The van der Waals surface area contributed by atoms with Crippen LogP contribution in [0.1, 0.15) is 57.9 Å². The molecule has 1 saturated carbocycles. The molecule has 0 bridgehead atoms. The van der Waals surface area contributed by atoms with Crippen LogP contribution in [0.2, 0.25) is 0 Å². The molecule has 0 aliphatic heterocycles. The monoisotopic (exact) mass is 314 g/mol. The average Bonchev–Trinajstić information content (AvgIpc) is 2.55. The van der Waals surface area contributed by atoms with Crippen molar-refractivity contribution < 1.29 is 9.13 Å². The van der Waals surface area contributed by atoms with E-state index in [4.69, 9.17) is 4.74 Å². The third kappa shape index (κ3) is 5.75. The number of hydrogen-bond donors (Lipinski definition) is 0. The van der Waals surface area contributed by atoms with Gasteiger partial charge in [-0.2, -0.15) is 0 Å². The Labute approximate surface area is 139 Å². The van der Waals surface area contributed by atoms with Gasteiger partial charge in [-0.25, -0.2) is 4.39 Å². The van der Waals surface area contributed by atoms with Crippen LogP contribution in [0.3, 0.4) is 0 Å². The van der Waals surface area contributed by atoms with Gasteiger partial charge >= 0.3 is 0 Å². The van der Waals surface area contributed by atoms with Crippen LogP contribution in [0.15, 0.2) is 30.4 Å². The predicted molar refractivity (Wildman–Crippen MR) is 93.9 cm³/mol. The van der Waals surface area contributed by atoms with E-state index in [2.05, 4.69) is 24.8 Å². The normalized spacial score (nSPS) is 21.0. The molecule has 2 heteroatoms. The minimum absolute atomic E-state index is 0.322. The second-order valence-electron chi connectivity index (χ2n) is 6.27. The molecule has 0 heterocycles. The Hall–Kier alpha value is -1.75. The van der Waals surface area contributed by atoms with Gasteiger partial charge in [0.1, 0.15) is 11.6 Å². The van der Waals surface area contributed by atoms with Crippen LogP contribution < -0.4 is 4.74 Å². The fourth-order valence-corrected chi connectivity index (χ4v) is 3.23. The minimum atomic E-state index is -0.322. The highest BCUT2D eigenvalue weighted by atomic mass is 19.1. The summed E-state index contributed by atoms with van der Waals surface area (Å²) in [4.78, 5) is 0. The predicted octanol–water partition coefficient (Wildman–Crippen LogP) is 5.74. The SMILES string of the molecule is CCCC1CCC(/C=C/C#Cc2ccc(OCC)cc2F)CC1. The summed E-state index contributed by atoms with van der Waals surface area (Å²) in [5.74, 6) is 7.64. The van der Waals surface area contributed by atoms with Crippen molar-refractivity contribution in [3.63, 3.8) is 0 Å². The number of allylic oxidation sites excluding steroid dienone is 2. The van der Waals surface area contributed by atoms with E-state index in [1.165, 1.54) is 44.6 Å². The van der Waals surface area contributed by atoms with Crippen LogP contribution in [0.25, 0.3) is 0 Å². The third-order valence-corrected chi connectivity index (χ3v) is 4.50. The number of benzene rings is 1. The van der Waals surface area contributed by atoms with E-state index < -0.39 is 0 Å². The maximum atomic E-state index is 13.9. The molecular formula is C21H27FO. The van der Waals surface area contributed by atoms with Gasteiger partial charge in [-0.05, 0) is 62.7 Å². The number of hydrogen-bond acceptors (Lipinski definition) is 1. The third-order valence-electron chi connectivity index (χ3n) is 4.50. The van der Waals surface area contributed by atoms with Crippen LogP contribution in [0.5, 0.6) is 5.75 Å². The number of ether oxygens (including phenoxy) is 1. The largest absolute Gasteiger partial charge is 0.494 e. The van der Waals surface area contributed by atoms with E-state index in [1.807, 2.05) is 13.0 Å². The van der Waals surface area contributed by atoms with E-state index in [9.17, 15) is 4.39 Å². The molecule has 0 atom stereocenters. The first-order chi connectivity index (χ1) is 11.2. The molecule has 0 spiro atoms. The zero-order valence-electron chi connectivity index (χ0n) is 14.3. The summed E-state index contributed by atoms with van der Waals surface area (Å²) in [5, 5.41) is 0. The molecule has 0 amide bonds. The van der Waals surface area contributed by atoms with Crippen LogP contribution in [-0.2, 0) is 0 Å². The lowest BCUT2D eigenvalue weighted by molar-refractivity contribution is 0.294. The van der Waals surface area contributed by atoms with Gasteiger partial charge in [-0.3, -0.25) is 0 Å². The Morgan fingerprint density at radius 1 is 1.22 bits per heavy atom. The second-order valence-corrected chi connectivity index (χ2v) is 6.27. The van der Waals surface area contributed by atoms with Crippen LogP contribution in [0, 0.1) is 29.5 Å². The molecule has 1 aromatic rings. The van der Waals surface area contributed by atoms with Crippen molar-refractivity contribution >= 4 is 0 Å². The molecule has 1 aliphatic rings. The Morgan fingerprint density at radius 2 is 2.00 bits per heavy atom. The number of rotatable bonds is 5. The molecular weight excluding hydrogens is 287 g/mol. The molecule has 1 nitrogen and oxygen atoms in total. The molecule has 0 unspecified atom stereocenters. The van der Waals surface area contributed by atoms with Crippen LogP contribution in [0.4, 0.5) is 4.39 Å². The molecule has 23 heavy (non-hydrogen) atoms.